The highest BCUT2D eigenvalue weighted by atomic mass is 19.1. The highest BCUT2D eigenvalue weighted by molar-refractivity contribution is 5.32. The Morgan fingerprint density at radius 2 is 1.95 bits per heavy atom. The van der Waals surface area contributed by atoms with Crippen molar-refractivity contribution < 1.29 is 9.13 Å². The van der Waals surface area contributed by atoms with Crippen LogP contribution in [-0.4, -0.2) is 16.6 Å². The maximum Gasteiger partial charge on any atom is 0.226 e. The molecule has 100 valence electrons. The number of nitrogens with zero attached hydrogens (tertiary/aromatic N) is 2. The van der Waals surface area contributed by atoms with E-state index in [0.29, 0.717) is 25.0 Å². The van der Waals surface area contributed by atoms with Gasteiger partial charge in [-0.3, -0.25) is 0 Å². The van der Waals surface area contributed by atoms with Crippen LogP contribution < -0.4 is 10.1 Å². The lowest BCUT2D eigenvalue weighted by atomic mass is 10.2. The number of nitrogens with one attached hydrogen (secondary N) is 1. The van der Waals surface area contributed by atoms with E-state index >= 15 is 0 Å². The largest absolute Gasteiger partial charge is 0.478 e. The van der Waals surface area contributed by atoms with Crippen molar-refractivity contribution in [3.63, 3.8) is 0 Å². The van der Waals surface area contributed by atoms with Crippen LogP contribution in [-0.2, 0) is 6.54 Å². The molecule has 0 spiro atoms. The van der Waals surface area contributed by atoms with Gasteiger partial charge in [-0.05, 0) is 31.5 Å². The molecule has 0 aliphatic carbocycles. The molecular weight excluding hydrogens is 245 g/mol. The van der Waals surface area contributed by atoms with Gasteiger partial charge < -0.3 is 10.1 Å². The molecule has 19 heavy (non-hydrogen) atoms. The van der Waals surface area contributed by atoms with Crippen LogP contribution >= 0.6 is 0 Å². The van der Waals surface area contributed by atoms with E-state index < -0.39 is 0 Å². The normalized spacial score (nSPS) is 10.3. The lowest BCUT2D eigenvalue weighted by molar-refractivity contribution is 0.326. The van der Waals surface area contributed by atoms with Crippen LogP contribution in [0, 0.1) is 12.7 Å². The van der Waals surface area contributed by atoms with Gasteiger partial charge in [0.05, 0.1) is 6.61 Å². The zero-order valence-corrected chi connectivity index (χ0v) is 11.0. The highest BCUT2D eigenvalue weighted by Gasteiger charge is 2.02. The smallest absolute Gasteiger partial charge is 0.226 e. The molecule has 0 amide bonds. The SMILES string of the molecule is CCOc1cc(C)nc(NCc2ccc(F)cc2)n1. The molecule has 0 bridgehead atoms. The fourth-order valence-corrected chi connectivity index (χ4v) is 1.62. The Labute approximate surface area is 111 Å². The van der Waals surface area contributed by atoms with Crippen molar-refractivity contribution in [3.05, 3.63) is 47.4 Å². The predicted octanol–water partition coefficient (Wildman–Crippen LogP) is 2.93. The quantitative estimate of drug-likeness (QED) is 0.899. The van der Waals surface area contributed by atoms with Crippen molar-refractivity contribution in [2.45, 2.75) is 20.4 Å². The topological polar surface area (TPSA) is 47.0 Å². The lowest BCUT2D eigenvalue weighted by Crippen LogP contribution is -2.06. The predicted molar refractivity (Wildman–Crippen MR) is 71.7 cm³/mol. The van der Waals surface area contributed by atoms with E-state index in [4.69, 9.17) is 4.74 Å². The summed E-state index contributed by atoms with van der Waals surface area (Å²) < 4.78 is 18.1. The molecule has 1 aromatic carbocycles. The van der Waals surface area contributed by atoms with Crippen LogP contribution in [0.1, 0.15) is 18.2 Å². The Kier molecular flexibility index (Phi) is 4.28. The number of benzene rings is 1. The third-order valence-electron chi connectivity index (χ3n) is 2.49. The number of aryl methyl sites for hydroxylation is 1. The maximum absolute atomic E-state index is 12.8. The summed E-state index contributed by atoms with van der Waals surface area (Å²) in [5.41, 5.74) is 1.80. The molecule has 0 unspecified atom stereocenters. The summed E-state index contributed by atoms with van der Waals surface area (Å²) in [5.74, 6) is 0.818. The van der Waals surface area contributed by atoms with Crippen LogP contribution in [0.4, 0.5) is 10.3 Å². The molecule has 0 saturated carbocycles. The molecule has 2 rings (SSSR count). The van der Waals surface area contributed by atoms with E-state index in [1.807, 2.05) is 13.8 Å². The second-order valence-corrected chi connectivity index (χ2v) is 4.08. The maximum atomic E-state index is 12.8. The van der Waals surface area contributed by atoms with E-state index in [1.165, 1.54) is 12.1 Å². The van der Waals surface area contributed by atoms with E-state index in [-0.39, 0.29) is 5.82 Å². The summed E-state index contributed by atoms with van der Waals surface area (Å²) in [6.07, 6.45) is 0. The van der Waals surface area contributed by atoms with Gasteiger partial charge >= 0.3 is 0 Å². The Hall–Kier alpha value is -2.17. The number of aromatic nitrogens is 2. The molecule has 1 aromatic heterocycles. The van der Waals surface area contributed by atoms with Crippen molar-refractivity contribution in [3.8, 4) is 5.88 Å². The minimum Gasteiger partial charge on any atom is -0.478 e. The summed E-state index contributed by atoms with van der Waals surface area (Å²) >= 11 is 0. The first kappa shape index (κ1) is 13.3. The zero-order chi connectivity index (χ0) is 13.7. The Bertz CT molecular complexity index is 543. The summed E-state index contributed by atoms with van der Waals surface area (Å²) in [6.45, 7) is 4.89. The van der Waals surface area contributed by atoms with Gasteiger partial charge in [0.2, 0.25) is 11.8 Å². The van der Waals surface area contributed by atoms with Crippen molar-refractivity contribution in [1.82, 2.24) is 9.97 Å². The van der Waals surface area contributed by atoms with Crippen molar-refractivity contribution in [2.24, 2.45) is 0 Å². The minimum atomic E-state index is -0.241. The first-order chi connectivity index (χ1) is 9.17. The first-order valence-electron chi connectivity index (χ1n) is 6.14. The van der Waals surface area contributed by atoms with Gasteiger partial charge in [-0.25, -0.2) is 9.37 Å². The molecule has 0 radical (unpaired) electrons. The first-order valence-corrected chi connectivity index (χ1v) is 6.14. The summed E-state index contributed by atoms with van der Waals surface area (Å²) in [7, 11) is 0. The molecule has 2 aromatic rings. The second kappa shape index (κ2) is 6.13. The molecular formula is C14H16FN3O. The lowest BCUT2D eigenvalue weighted by Gasteiger charge is -2.08. The molecule has 0 atom stereocenters. The molecule has 0 aliphatic rings. The molecule has 1 N–H and O–H groups in total. The fourth-order valence-electron chi connectivity index (χ4n) is 1.62. The molecule has 0 saturated heterocycles. The molecule has 5 heteroatoms. The second-order valence-electron chi connectivity index (χ2n) is 4.08. The zero-order valence-electron chi connectivity index (χ0n) is 11.0. The van der Waals surface area contributed by atoms with E-state index in [2.05, 4.69) is 15.3 Å². The van der Waals surface area contributed by atoms with E-state index in [0.717, 1.165) is 11.3 Å². The van der Waals surface area contributed by atoms with Crippen LogP contribution in [0.15, 0.2) is 30.3 Å². The van der Waals surface area contributed by atoms with Gasteiger partial charge in [-0.2, -0.15) is 4.98 Å². The van der Waals surface area contributed by atoms with Gasteiger partial charge in [0.25, 0.3) is 0 Å². The van der Waals surface area contributed by atoms with Crippen molar-refractivity contribution in [2.75, 3.05) is 11.9 Å². The average Bonchev–Trinajstić information content (AvgIpc) is 2.38. The highest BCUT2D eigenvalue weighted by Crippen LogP contribution is 2.13. The summed E-state index contributed by atoms with van der Waals surface area (Å²) in [4.78, 5) is 8.51. The number of anilines is 1. The number of ether oxygens (including phenoxy) is 1. The fraction of sp³-hybridized carbons (Fsp3) is 0.286. The van der Waals surface area contributed by atoms with Gasteiger partial charge in [0.1, 0.15) is 5.82 Å². The van der Waals surface area contributed by atoms with Gasteiger partial charge in [-0.1, -0.05) is 12.1 Å². The van der Waals surface area contributed by atoms with Gasteiger partial charge in [-0.15, -0.1) is 0 Å². The van der Waals surface area contributed by atoms with E-state index in [1.54, 1.807) is 18.2 Å². The summed E-state index contributed by atoms with van der Waals surface area (Å²) in [6, 6.07) is 8.09. The molecule has 1 heterocycles. The monoisotopic (exact) mass is 261 g/mol. The summed E-state index contributed by atoms with van der Waals surface area (Å²) in [5, 5.41) is 3.10. The average molecular weight is 261 g/mol. The van der Waals surface area contributed by atoms with Crippen molar-refractivity contribution in [1.29, 1.82) is 0 Å². The Balaban J connectivity index is 2.04. The van der Waals surface area contributed by atoms with Crippen LogP contribution in [0.5, 0.6) is 5.88 Å². The molecule has 0 fully saturated rings. The molecule has 4 nitrogen and oxygen atoms in total. The third-order valence-corrected chi connectivity index (χ3v) is 2.49. The van der Waals surface area contributed by atoms with E-state index in [9.17, 15) is 4.39 Å². The van der Waals surface area contributed by atoms with Crippen LogP contribution in [0.2, 0.25) is 0 Å². The standard InChI is InChI=1S/C14H16FN3O/c1-3-19-13-8-10(2)17-14(18-13)16-9-11-4-6-12(15)7-5-11/h4-8H,3,9H2,1-2H3,(H,16,17,18). The third kappa shape index (κ3) is 3.91. The van der Waals surface area contributed by atoms with Gasteiger partial charge in [0.15, 0.2) is 0 Å². The number of halogens is 1. The Morgan fingerprint density at radius 1 is 1.21 bits per heavy atom. The van der Waals surface area contributed by atoms with Crippen LogP contribution in [0.3, 0.4) is 0 Å². The Morgan fingerprint density at radius 3 is 2.63 bits per heavy atom. The van der Waals surface area contributed by atoms with Crippen LogP contribution in [0.25, 0.3) is 0 Å². The molecule has 0 aliphatic heterocycles. The number of hydrogen-bond acceptors (Lipinski definition) is 4. The minimum absolute atomic E-state index is 0.241. The number of rotatable bonds is 5. The number of hydrogen-bond donors (Lipinski definition) is 1. The van der Waals surface area contributed by atoms with Gasteiger partial charge in [0, 0.05) is 18.3 Å². The van der Waals surface area contributed by atoms with Crippen molar-refractivity contribution >= 4 is 5.95 Å².